The zero-order valence-electron chi connectivity index (χ0n) is 16.8. The molecule has 0 radical (unpaired) electrons. The fraction of sp³-hybridized carbons (Fsp3) is 0.348. The van der Waals surface area contributed by atoms with Crippen molar-refractivity contribution in [3.63, 3.8) is 0 Å². The fourth-order valence-corrected chi connectivity index (χ4v) is 4.10. The summed E-state index contributed by atoms with van der Waals surface area (Å²) < 4.78 is 0. The average Bonchev–Trinajstić information content (AvgIpc) is 2.98. The van der Waals surface area contributed by atoms with Crippen molar-refractivity contribution in [2.24, 2.45) is 0 Å². The van der Waals surface area contributed by atoms with Gasteiger partial charge in [0.2, 0.25) is 0 Å². The maximum atomic E-state index is 12.9. The topological polar surface area (TPSA) is 60.9 Å². The second-order valence-corrected chi connectivity index (χ2v) is 7.93. The molecule has 2 aliphatic heterocycles. The quantitative estimate of drug-likeness (QED) is 0.752. The Hall–Kier alpha value is -2.99. The largest absolute Gasteiger partial charge is 0.339 e. The van der Waals surface area contributed by atoms with Gasteiger partial charge in [0, 0.05) is 24.7 Å². The summed E-state index contributed by atoms with van der Waals surface area (Å²) in [6.07, 6.45) is 1.87. The molecule has 6 nitrogen and oxygen atoms in total. The van der Waals surface area contributed by atoms with Gasteiger partial charge < -0.3 is 9.80 Å². The smallest absolute Gasteiger partial charge is 0.261 e. The van der Waals surface area contributed by atoms with E-state index in [1.165, 1.54) is 4.90 Å². The third-order valence-corrected chi connectivity index (χ3v) is 5.88. The predicted octanol–water partition coefficient (Wildman–Crippen LogP) is 2.65. The summed E-state index contributed by atoms with van der Waals surface area (Å²) in [5.41, 5.74) is 2.05. The number of imide groups is 1. The van der Waals surface area contributed by atoms with Crippen molar-refractivity contribution in [1.82, 2.24) is 14.7 Å². The number of rotatable bonds is 4. The van der Waals surface area contributed by atoms with Gasteiger partial charge in [-0.15, -0.1) is 0 Å². The summed E-state index contributed by atoms with van der Waals surface area (Å²) in [5.74, 6) is -0.721. The van der Waals surface area contributed by atoms with Crippen molar-refractivity contribution in [3.8, 4) is 0 Å². The van der Waals surface area contributed by atoms with Gasteiger partial charge in [-0.25, -0.2) is 0 Å². The summed E-state index contributed by atoms with van der Waals surface area (Å²) in [6.45, 7) is 1.63. The Morgan fingerprint density at radius 2 is 1.62 bits per heavy atom. The first-order chi connectivity index (χ1) is 14.0. The van der Waals surface area contributed by atoms with Crippen LogP contribution in [-0.2, 0) is 6.54 Å². The minimum atomic E-state index is -0.338. The predicted molar refractivity (Wildman–Crippen MR) is 110 cm³/mol. The number of likely N-dealkylation sites (tertiary alicyclic amines) is 1. The SMILES string of the molecule is CN(C)C1CCN(C(=O)c2ccc3c(c2)C(=O)N(Cc2ccccc2)C3=O)CC1. The van der Waals surface area contributed by atoms with Crippen LogP contribution >= 0.6 is 0 Å². The molecule has 29 heavy (non-hydrogen) atoms. The maximum absolute atomic E-state index is 12.9. The lowest BCUT2D eigenvalue weighted by Gasteiger charge is -2.35. The van der Waals surface area contributed by atoms with Crippen molar-refractivity contribution >= 4 is 17.7 Å². The molecule has 0 saturated carbocycles. The van der Waals surface area contributed by atoms with Crippen molar-refractivity contribution in [2.75, 3.05) is 27.2 Å². The molecule has 4 rings (SSSR count). The molecule has 150 valence electrons. The monoisotopic (exact) mass is 391 g/mol. The molecule has 1 saturated heterocycles. The van der Waals surface area contributed by atoms with Crippen molar-refractivity contribution in [1.29, 1.82) is 0 Å². The van der Waals surface area contributed by atoms with Crippen LogP contribution in [0.5, 0.6) is 0 Å². The molecule has 1 fully saturated rings. The van der Waals surface area contributed by atoms with Gasteiger partial charge in [0.05, 0.1) is 17.7 Å². The lowest BCUT2D eigenvalue weighted by atomic mass is 10.0. The molecule has 0 aromatic heterocycles. The fourth-order valence-electron chi connectivity index (χ4n) is 4.10. The highest BCUT2D eigenvalue weighted by molar-refractivity contribution is 6.22. The Bertz CT molecular complexity index is 947. The molecule has 0 bridgehead atoms. The minimum absolute atomic E-state index is 0.0771. The summed E-state index contributed by atoms with van der Waals surface area (Å²) in [5, 5.41) is 0. The molecule has 0 spiro atoms. The van der Waals surface area contributed by atoms with Gasteiger partial charge in [-0.1, -0.05) is 30.3 Å². The maximum Gasteiger partial charge on any atom is 0.261 e. The van der Waals surface area contributed by atoms with Crippen LogP contribution in [0.3, 0.4) is 0 Å². The summed E-state index contributed by atoms with van der Waals surface area (Å²) >= 11 is 0. The first-order valence-corrected chi connectivity index (χ1v) is 9.95. The standard InChI is InChI=1S/C23H25N3O3/c1-24(2)18-10-12-25(13-11-18)21(27)17-8-9-19-20(14-17)23(29)26(22(19)28)15-16-6-4-3-5-7-16/h3-9,14,18H,10-13,15H2,1-2H3. The van der Waals surface area contributed by atoms with Crippen molar-refractivity contribution in [2.45, 2.75) is 25.4 Å². The van der Waals surface area contributed by atoms with Crippen LogP contribution in [0, 0.1) is 0 Å². The van der Waals surface area contributed by atoms with Gasteiger partial charge >= 0.3 is 0 Å². The second-order valence-electron chi connectivity index (χ2n) is 7.93. The number of amides is 3. The van der Waals surface area contributed by atoms with E-state index in [0.717, 1.165) is 18.4 Å². The van der Waals surface area contributed by atoms with E-state index < -0.39 is 0 Å². The first-order valence-electron chi connectivity index (χ1n) is 9.95. The molecule has 0 atom stereocenters. The Morgan fingerprint density at radius 3 is 2.28 bits per heavy atom. The first kappa shape index (κ1) is 19.3. The molecule has 0 unspecified atom stereocenters. The van der Waals surface area contributed by atoms with E-state index in [1.807, 2.05) is 35.2 Å². The Balaban J connectivity index is 1.51. The van der Waals surface area contributed by atoms with Crippen LogP contribution in [0.4, 0.5) is 0 Å². The number of piperidine rings is 1. The minimum Gasteiger partial charge on any atom is -0.339 e. The van der Waals surface area contributed by atoms with E-state index in [4.69, 9.17) is 0 Å². The van der Waals surface area contributed by atoms with E-state index in [1.54, 1.807) is 18.2 Å². The van der Waals surface area contributed by atoms with Crippen molar-refractivity contribution < 1.29 is 14.4 Å². The highest BCUT2D eigenvalue weighted by Crippen LogP contribution is 2.26. The van der Waals surface area contributed by atoms with E-state index >= 15 is 0 Å². The normalized spacial score (nSPS) is 17.2. The van der Waals surface area contributed by atoms with Gasteiger partial charge in [0.25, 0.3) is 17.7 Å². The lowest BCUT2D eigenvalue weighted by molar-refractivity contribution is 0.0640. The molecule has 3 amide bonds. The molecular weight excluding hydrogens is 366 g/mol. The molecule has 2 heterocycles. The zero-order valence-corrected chi connectivity index (χ0v) is 16.8. The second kappa shape index (κ2) is 7.79. The number of hydrogen-bond acceptors (Lipinski definition) is 4. The number of hydrogen-bond donors (Lipinski definition) is 0. The lowest BCUT2D eigenvalue weighted by Crippen LogP contribution is -2.44. The van der Waals surface area contributed by atoms with Crippen LogP contribution in [-0.4, -0.2) is 65.6 Å². The van der Waals surface area contributed by atoms with Gasteiger partial charge in [0.15, 0.2) is 0 Å². The molecule has 2 aliphatic rings. The Morgan fingerprint density at radius 1 is 0.966 bits per heavy atom. The van der Waals surface area contributed by atoms with E-state index in [0.29, 0.717) is 35.8 Å². The molecular formula is C23H25N3O3. The van der Waals surface area contributed by atoms with Crippen LogP contribution in [0.15, 0.2) is 48.5 Å². The average molecular weight is 391 g/mol. The van der Waals surface area contributed by atoms with Gasteiger partial charge in [-0.3, -0.25) is 19.3 Å². The highest BCUT2D eigenvalue weighted by atomic mass is 16.2. The molecule has 0 aliphatic carbocycles. The van der Waals surface area contributed by atoms with Crippen LogP contribution in [0.25, 0.3) is 0 Å². The number of carbonyl (C=O) groups excluding carboxylic acids is 3. The third kappa shape index (κ3) is 3.68. The van der Waals surface area contributed by atoms with Gasteiger partial charge in [-0.05, 0) is 50.7 Å². The molecule has 6 heteroatoms. The van der Waals surface area contributed by atoms with Crippen LogP contribution in [0.2, 0.25) is 0 Å². The molecule has 2 aromatic carbocycles. The summed E-state index contributed by atoms with van der Waals surface area (Å²) in [6, 6.07) is 14.8. The summed E-state index contributed by atoms with van der Waals surface area (Å²) in [7, 11) is 4.12. The van der Waals surface area contributed by atoms with Crippen LogP contribution in [0.1, 0.15) is 49.5 Å². The Kier molecular flexibility index (Phi) is 5.20. The Labute approximate surface area is 170 Å². The number of fused-ring (bicyclic) bond motifs is 1. The zero-order chi connectivity index (χ0) is 20.5. The van der Waals surface area contributed by atoms with Crippen molar-refractivity contribution in [3.05, 3.63) is 70.8 Å². The number of benzene rings is 2. The van der Waals surface area contributed by atoms with E-state index in [9.17, 15) is 14.4 Å². The molecule has 2 aromatic rings. The van der Waals surface area contributed by atoms with E-state index in [2.05, 4.69) is 19.0 Å². The third-order valence-electron chi connectivity index (χ3n) is 5.88. The van der Waals surface area contributed by atoms with Gasteiger partial charge in [-0.2, -0.15) is 0 Å². The number of carbonyl (C=O) groups is 3. The summed E-state index contributed by atoms with van der Waals surface area (Å²) in [4.78, 5) is 43.8. The number of nitrogens with zero attached hydrogens (tertiary/aromatic N) is 3. The highest BCUT2D eigenvalue weighted by Gasteiger charge is 2.36. The van der Waals surface area contributed by atoms with E-state index in [-0.39, 0.29) is 24.3 Å². The van der Waals surface area contributed by atoms with Crippen LogP contribution < -0.4 is 0 Å². The molecule has 0 N–H and O–H groups in total. The van der Waals surface area contributed by atoms with Gasteiger partial charge in [0.1, 0.15) is 0 Å².